The van der Waals surface area contributed by atoms with Gasteiger partial charge in [-0.2, -0.15) is 4.98 Å². The van der Waals surface area contributed by atoms with Gasteiger partial charge in [-0.15, -0.1) is 0 Å². The molecule has 180 valence electrons. The number of anilines is 1. The Hall–Kier alpha value is -3.76. The van der Waals surface area contributed by atoms with Gasteiger partial charge in [0.15, 0.2) is 5.65 Å². The Balaban J connectivity index is 1.71. The van der Waals surface area contributed by atoms with Crippen molar-refractivity contribution in [2.75, 3.05) is 19.0 Å². The monoisotopic (exact) mass is 513 g/mol. The standard InChI is InChI=1S/C23H21Cl2N7O3/c1-13(33)26-7-8-32-21-18(30-20(22(32)34)15-4-6-19(35-2)27-11-15)12-29-23(31-21)28-10-14-3-5-16(24)17(25)9-14/h3-6,9,11-12H,7-8,10H2,1-2H3,(H,26,33)(H,28,29,31). The van der Waals surface area contributed by atoms with Crippen LogP contribution < -0.4 is 20.9 Å². The van der Waals surface area contributed by atoms with Crippen LogP contribution in [0.1, 0.15) is 12.5 Å². The number of hydrogen-bond acceptors (Lipinski definition) is 8. The minimum absolute atomic E-state index is 0.190. The van der Waals surface area contributed by atoms with Gasteiger partial charge in [0.25, 0.3) is 5.56 Å². The summed E-state index contributed by atoms with van der Waals surface area (Å²) in [7, 11) is 1.51. The number of aromatic nitrogens is 5. The molecule has 0 bridgehead atoms. The lowest BCUT2D eigenvalue weighted by molar-refractivity contribution is -0.118. The van der Waals surface area contributed by atoms with Crippen LogP contribution in [0.15, 0.2) is 47.5 Å². The molecule has 1 amide bonds. The number of carbonyl (C=O) groups excluding carboxylic acids is 1. The summed E-state index contributed by atoms with van der Waals surface area (Å²) in [6.07, 6.45) is 3.05. The summed E-state index contributed by atoms with van der Waals surface area (Å²) in [6.45, 7) is 2.23. The fraction of sp³-hybridized carbons (Fsp3) is 0.217. The van der Waals surface area contributed by atoms with Crippen molar-refractivity contribution in [3.05, 3.63) is 68.7 Å². The Bertz CT molecular complexity index is 1440. The van der Waals surface area contributed by atoms with E-state index in [4.69, 9.17) is 27.9 Å². The number of methoxy groups -OCH3 is 1. The van der Waals surface area contributed by atoms with E-state index in [2.05, 4.69) is 30.6 Å². The van der Waals surface area contributed by atoms with Crippen LogP contribution in [0, 0.1) is 0 Å². The van der Waals surface area contributed by atoms with Crippen LogP contribution in [0.25, 0.3) is 22.4 Å². The van der Waals surface area contributed by atoms with Crippen molar-refractivity contribution in [3.8, 4) is 17.1 Å². The predicted molar refractivity (Wildman–Crippen MR) is 134 cm³/mol. The number of rotatable bonds is 8. The fourth-order valence-corrected chi connectivity index (χ4v) is 3.65. The zero-order chi connectivity index (χ0) is 24.9. The third-order valence-corrected chi connectivity index (χ3v) is 5.79. The van der Waals surface area contributed by atoms with Crippen molar-refractivity contribution in [2.24, 2.45) is 0 Å². The maximum absolute atomic E-state index is 13.4. The highest BCUT2D eigenvalue weighted by Gasteiger charge is 2.16. The minimum atomic E-state index is -0.371. The third-order valence-electron chi connectivity index (χ3n) is 5.05. The second kappa shape index (κ2) is 10.7. The predicted octanol–water partition coefficient (Wildman–Crippen LogP) is 3.31. The van der Waals surface area contributed by atoms with Crippen molar-refractivity contribution in [2.45, 2.75) is 20.0 Å². The molecule has 35 heavy (non-hydrogen) atoms. The van der Waals surface area contributed by atoms with Gasteiger partial charge in [0.2, 0.25) is 17.7 Å². The first-order valence-electron chi connectivity index (χ1n) is 10.6. The molecule has 0 spiro atoms. The largest absolute Gasteiger partial charge is 0.481 e. The molecule has 1 aromatic carbocycles. The first-order chi connectivity index (χ1) is 16.9. The normalized spacial score (nSPS) is 10.9. The maximum Gasteiger partial charge on any atom is 0.278 e. The lowest BCUT2D eigenvalue weighted by Crippen LogP contribution is -2.31. The molecular formula is C23H21Cl2N7O3. The van der Waals surface area contributed by atoms with E-state index in [1.807, 2.05) is 6.07 Å². The summed E-state index contributed by atoms with van der Waals surface area (Å²) in [5.74, 6) is 0.521. The van der Waals surface area contributed by atoms with Gasteiger partial charge in [0, 0.05) is 44.4 Å². The topological polar surface area (TPSA) is 124 Å². The van der Waals surface area contributed by atoms with E-state index in [0.29, 0.717) is 45.1 Å². The molecule has 4 aromatic rings. The summed E-state index contributed by atoms with van der Waals surface area (Å²) in [5, 5.41) is 6.73. The molecule has 0 aliphatic heterocycles. The van der Waals surface area contributed by atoms with Gasteiger partial charge in [-0.1, -0.05) is 29.3 Å². The lowest BCUT2D eigenvalue weighted by Gasteiger charge is -2.13. The third kappa shape index (κ3) is 5.67. The van der Waals surface area contributed by atoms with Gasteiger partial charge in [0.1, 0.15) is 11.2 Å². The van der Waals surface area contributed by atoms with Gasteiger partial charge in [-0.25, -0.2) is 15.0 Å². The van der Waals surface area contributed by atoms with Crippen LogP contribution in [-0.4, -0.2) is 44.1 Å². The van der Waals surface area contributed by atoms with Crippen LogP contribution >= 0.6 is 23.2 Å². The van der Waals surface area contributed by atoms with Crippen LogP contribution in [0.4, 0.5) is 5.95 Å². The first-order valence-corrected chi connectivity index (χ1v) is 11.3. The lowest BCUT2D eigenvalue weighted by atomic mass is 10.2. The number of hydrogen-bond donors (Lipinski definition) is 2. The molecule has 0 aliphatic rings. The Labute approximate surface area is 210 Å². The Kier molecular flexibility index (Phi) is 7.42. The number of amides is 1. The van der Waals surface area contributed by atoms with E-state index in [9.17, 15) is 9.59 Å². The summed E-state index contributed by atoms with van der Waals surface area (Å²) in [4.78, 5) is 42.3. The van der Waals surface area contributed by atoms with Crippen molar-refractivity contribution in [1.29, 1.82) is 0 Å². The molecule has 4 rings (SSSR count). The first kappa shape index (κ1) is 24.4. The van der Waals surface area contributed by atoms with Gasteiger partial charge in [-0.05, 0) is 23.8 Å². The molecule has 3 heterocycles. The molecule has 12 heteroatoms. The maximum atomic E-state index is 13.4. The van der Waals surface area contributed by atoms with E-state index in [0.717, 1.165) is 5.56 Å². The van der Waals surface area contributed by atoms with Crippen molar-refractivity contribution < 1.29 is 9.53 Å². The SMILES string of the molecule is COc1ccc(-c2nc3cnc(NCc4ccc(Cl)c(Cl)c4)nc3n(CCNC(C)=O)c2=O)cn1. The van der Waals surface area contributed by atoms with Crippen molar-refractivity contribution in [1.82, 2.24) is 29.8 Å². The average molecular weight is 514 g/mol. The van der Waals surface area contributed by atoms with Gasteiger partial charge < -0.3 is 15.4 Å². The Morgan fingerprint density at radius 1 is 1.09 bits per heavy atom. The number of halogens is 2. The van der Waals surface area contributed by atoms with Crippen LogP contribution in [0.3, 0.4) is 0 Å². The van der Waals surface area contributed by atoms with Crippen molar-refractivity contribution >= 4 is 46.2 Å². The minimum Gasteiger partial charge on any atom is -0.481 e. The smallest absolute Gasteiger partial charge is 0.278 e. The summed E-state index contributed by atoms with van der Waals surface area (Å²) >= 11 is 12.1. The van der Waals surface area contributed by atoms with Crippen molar-refractivity contribution in [3.63, 3.8) is 0 Å². The number of nitrogens with zero attached hydrogens (tertiary/aromatic N) is 5. The highest BCUT2D eigenvalue weighted by molar-refractivity contribution is 6.42. The number of ether oxygens (including phenoxy) is 1. The Morgan fingerprint density at radius 2 is 1.91 bits per heavy atom. The fourth-order valence-electron chi connectivity index (χ4n) is 3.33. The highest BCUT2D eigenvalue weighted by atomic mass is 35.5. The molecule has 0 radical (unpaired) electrons. The summed E-state index contributed by atoms with van der Waals surface area (Å²) in [5.41, 5.74) is 1.97. The van der Waals surface area contributed by atoms with Gasteiger partial charge in [-0.3, -0.25) is 14.2 Å². The number of benzene rings is 1. The molecular weight excluding hydrogens is 493 g/mol. The van der Waals surface area contributed by atoms with E-state index >= 15 is 0 Å². The zero-order valence-corrected chi connectivity index (χ0v) is 20.4. The van der Waals surface area contributed by atoms with E-state index in [1.165, 1.54) is 31.0 Å². The van der Waals surface area contributed by atoms with Gasteiger partial charge >= 0.3 is 0 Å². The molecule has 2 N–H and O–H groups in total. The highest BCUT2D eigenvalue weighted by Crippen LogP contribution is 2.23. The number of fused-ring (bicyclic) bond motifs is 1. The molecule has 0 aliphatic carbocycles. The quantitative estimate of drug-likeness (QED) is 0.367. The molecule has 0 fully saturated rings. The molecule has 10 nitrogen and oxygen atoms in total. The van der Waals surface area contributed by atoms with Crippen LogP contribution in [0.5, 0.6) is 5.88 Å². The zero-order valence-electron chi connectivity index (χ0n) is 18.9. The Morgan fingerprint density at radius 3 is 2.60 bits per heavy atom. The molecule has 0 unspecified atom stereocenters. The van der Waals surface area contributed by atoms with E-state index < -0.39 is 0 Å². The number of pyridine rings is 1. The van der Waals surface area contributed by atoms with Crippen LogP contribution in [0.2, 0.25) is 10.0 Å². The van der Waals surface area contributed by atoms with Crippen LogP contribution in [-0.2, 0) is 17.9 Å². The van der Waals surface area contributed by atoms with E-state index in [1.54, 1.807) is 24.3 Å². The van der Waals surface area contributed by atoms with E-state index in [-0.39, 0.29) is 30.2 Å². The molecule has 0 saturated carbocycles. The second-order valence-corrected chi connectivity index (χ2v) is 8.31. The summed E-state index contributed by atoms with van der Waals surface area (Å²) < 4.78 is 6.55. The number of nitrogens with one attached hydrogen (secondary N) is 2. The molecule has 0 saturated heterocycles. The average Bonchev–Trinajstić information content (AvgIpc) is 2.85. The van der Waals surface area contributed by atoms with Gasteiger partial charge in [0.05, 0.1) is 23.4 Å². The number of carbonyl (C=O) groups is 1. The second-order valence-electron chi connectivity index (χ2n) is 7.49. The molecule has 3 aromatic heterocycles. The summed E-state index contributed by atoms with van der Waals surface area (Å²) in [6, 6.07) is 8.64. The molecule has 0 atom stereocenters.